The highest BCUT2D eigenvalue weighted by atomic mass is 35.5. The van der Waals surface area contributed by atoms with Gasteiger partial charge in [0.2, 0.25) is 5.91 Å². The molecule has 2 heterocycles. The number of aromatic nitrogens is 1. The number of methoxy groups -OCH3 is 1. The van der Waals surface area contributed by atoms with E-state index in [0.717, 1.165) is 38.2 Å². The van der Waals surface area contributed by atoms with Gasteiger partial charge in [0.15, 0.2) is 12.2 Å². The summed E-state index contributed by atoms with van der Waals surface area (Å²) in [4.78, 5) is 31.2. The van der Waals surface area contributed by atoms with Crippen molar-refractivity contribution in [2.75, 3.05) is 38.7 Å². The minimum Gasteiger partial charge on any atom is -0.497 e. The summed E-state index contributed by atoms with van der Waals surface area (Å²) in [6, 6.07) is 8.97. The predicted octanol–water partition coefficient (Wildman–Crippen LogP) is 5.36. The van der Waals surface area contributed by atoms with Gasteiger partial charge < -0.3 is 14.5 Å². The maximum atomic E-state index is 13.8. The van der Waals surface area contributed by atoms with Crippen LogP contribution in [0.3, 0.4) is 0 Å². The highest BCUT2D eigenvalue weighted by Gasteiger charge is 2.47. The second-order valence-electron chi connectivity index (χ2n) is 8.75. The summed E-state index contributed by atoms with van der Waals surface area (Å²) in [5.41, 5.74) is 0.221. The number of pyridine rings is 1. The van der Waals surface area contributed by atoms with Crippen LogP contribution >= 0.6 is 11.6 Å². The number of alkyl halides is 3. The van der Waals surface area contributed by atoms with Crippen molar-refractivity contribution in [2.45, 2.75) is 37.8 Å². The molecule has 3 rings (SSSR count). The number of carbonyl (C=O) groups excluding carboxylic acids is 2. The molecule has 1 amide bonds. The van der Waals surface area contributed by atoms with E-state index < -0.39 is 18.0 Å². The zero-order chi connectivity index (χ0) is 25.6. The average Bonchev–Trinajstić information content (AvgIpc) is 2.83. The van der Waals surface area contributed by atoms with Crippen LogP contribution < -0.4 is 9.64 Å². The lowest BCUT2D eigenvalue weighted by atomic mass is 9.92. The maximum Gasteiger partial charge on any atom is 0.404 e. The van der Waals surface area contributed by atoms with E-state index in [1.54, 1.807) is 18.2 Å². The number of rotatable bonds is 9. The molecule has 0 spiro atoms. The van der Waals surface area contributed by atoms with Crippen LogP contribution in [0.4, 0.5) is 19.0 Å². The van der Waals surface area contributed by atoms with Crippen LogP contribution in [0.1, 0.15) is 47.5 Å². The number of benzene rings is 1. The molecule has 1 aliphatic heterocycles. The number of ether oxygens (including phenoxy) is 1. The fourth-order valence-electron chi connectivity index (χ4n) is 4.39. The number of likely N-dealkylation sites (N-methyl/N-ethyl adjacent to an activating group) is 1. The third-order valence-corrected chi connectivity index (χ3v) is 6.71. The third-order valence-electron chi connectivity index (χ3n) is 6.41. The SMILES string of the molecule is COc1cccc(C(C(=O)N(C)CCCC2CCN(c3ccc(C=O)c(Cl)n3)CC2)C(F)(F)F)c1. The van der Waals surface area contributed by atoms with Gasteiger partial charge in [-0.2, -0.15) is 13.2 Å². The van der Waals surface area contributed by atoms with Gasteiger partial charge >= 0.3 is 6.18 Å². The van der Waals surface area contributed by atoms with Crippen molar-refractivity contribution in [3.05, 3.63) is 52.7 Å². The first-order valence-electron chi connectivity index (χ1n) is 11.5. The Balaban J connectivity index is 1.51. The standard InChI is InChI=1S/C25H29ClF3N3O3/c1-31(24(34)22(25(27,28)29)18-6-3-7-20(15-18)35-2)12-4-5-17-10-13-32(14-11-17)21-9-8-19(16-33)23(26)30-21/h3,6-9,15-17,22H,4-5,10-14H2,1-2H3. The van der Waals surface area contributed by atoms with E-state index in [-0.39, 0.29) is 23.0 Å². The molecule has 2 aromatic rings. The Morgan fingerprint density at radius 3 is 2.60 bits per heavy atom. The van der Waals surface area contributed by atoms with E-state index in [4.69, 9.17) is 16.3 Å². The molecule has 1 atom stereocenters. The molecular weight excluding hydrogens is 483 g/mol. The molecule has 10 heteroatoms. The molecule has 0 N–H and O–H groups in total. The van der Waals surface area contributed by atoms with Gasteiger partial charge in [-0.15, -0.1) is 0 Å². The van der Waals surface area contributed by atoms with Gasteiger partial charge in [0, 0.05) is 26.7 Å². The van der Waals surface area contributed by atoms with Crippen molar-refractivity contribution in [1.82, 2.24) is 9.88 Å². The van der Waals surface area contributed by atoms with E-state index in [1.165, 1.54) is 37.3 Å². The third kappa shape index (κ3) is 6.87. The first kappa shape index (κ1) is 26.8. The molecule has 190 valence electrons. The smallest absolute Gasteiger partial charge is 0.404 e. The Labute approximate surface area is 208 Å². The van der Waals surface area contributed by atoms with Gasteiger partial charge in [-0.1, -0.05) is 23.7 Å². The molecule has 1 saturated heterocycles. The fraction of sp³-hybridized carbons (Fsp3) is 0.480. The van der Waals surface area contributed by atoms with E-state index in [0.29, 0.717) is 24.2 Å². The Hall–Kier alpha value is -2.81. The highest BCUT2D eigenvalue weighted by Crippen LogP contribution is 2.37. The zero-order valence-electron chi connectivity index (χ0n) is 19.7. The number of piperidine rings is 1. The minimum atomic E-state index is -4.70. The summed E-state index contributed by atoms with van der Waals surface area (Å²) in [6.07, 6.45) is -0.790. The van der Waals surface area contributed by atoms with Gasteiger partial charge in [-0.05, 0) is 61.4 Å². The zero-order valence-corrected chi connectivity index (χ0v) is 20.5. The van der Waals surface area contributed by atoms with Gasteiger partial charge in [0.25, 0.3) is 0 Å². The van der Waals surface area contributed by atoms with Gasteiger partial charge in [0.05, 0.1) is 12.7 Å². The van der Waals surface area contributed by atoms with Crippen LogP contribution in [0.5, 0.6) is 5.75 Å². The number of halogens is 4. The van der Waals surface area contributed by atoms with Gasteiger partial charge in [0.1, 0.15) is 16.7 Å². The molecule has 1 aromatic heterocycles. The summed E-state index contributed by atoms with van der Waals surface area (Å²) in [7, 11) is 2.79. The van der Waals surface area contributed by atoms with Crippen molar-refractivity contribution in [3.63, 3.8) is 0 Å². The summed E-state index contributed by atoms with van der Waals surface area (Å²) in [5, 5.41) is 0.179. The van der Waals surface area contributed by atoms with Crippen LogP contribution in [0, 0.1) is 5.92 Å². The number of anilines is 1. The van der Waals surface area contributed by atoms with Gasteiger partial charge in [-0.25, -0.2) is 4.98 Å². The lowest BCUT2D eigenvalue weighted by Crippen LogP contribution is -2.39. The number of nitrogens with zero attached hydrogens (tertiary/aromatic N) is 3. The van der Waals surface area contributed by atoms with Crippen LogP contribution in [-0.4, -0.2) is 62.0 Å². The van der Waals surface area contributed by atoms with Crippen molar-refractivity contribution in [1.29, 1.82) is 0 Å². The summed E-state index contributed by atoms with van der Waals surface area (Å²) >= 11 is 6.03. The number of aldehydes is 1. The number of carbonyl (C=O) groups is 2. The molecule has 35 heavy (non-hydrogen) atoms. The van der Waals surface area contributed by atoms with Crippen molar-refractivity contribution in [3.8, 4) is 5.75 Å². The Kier molecular flexibility index (Phi) is 8.99. The topological polar surface area (TPSA) is 62.7 Å². The largest absolute Gasteiger partial charge is 0.497 e. The van der Waals surface area contributed by atoms with E-state index >= 15 is 0 Å². The monoisotopic (exact) mass is 511 g/mol. The molecule has 0 saturated carbocycles. The minimum absolute atomic E-state index is 0.129. The maximum absolute atomic E-state index is 13.8. The van der Waals surface area contributed by atoms with E-state index in [9.17, 15) is 22.8 Å². The predicted molar refractivity (Wildman–Crippen MR) is 128 cm³/mol. The molecule has 0 bridgehead atoms. The summed E-state index contributed by atoms with van der Waals surface area (Å²) in [5.74, 6) is -1.79. The molecule has 1 unspecified atom stereocenters. The van der Waals surface area contributed by atoms with Gasteiger partial charge in [-0.3, -0.25) is 9.59 Å². The second kappa shape index (κ2) is 11.7. The van der Waals surface area contributed by atoms with Crippen molar-refractivity contribution >= 4 is 29.6 Å². The number of hydrogen-bond donors (Lipinski definition) is 0. The Bertz CT molecular complexity index is 1030. The lowest BCUT2D eigenvalue weighted by Gasteiger charge is -2.33. The summed E-state index contributed by atoms with van der Waals surface area (Å²) < 4.78 is 46.4. The van der Waals surface area contributed by atoms with E-state index in [2.05, 4.69) is 9.88 Å². The van der Waals surface area contributed by atoms with Crippen LogP contribution in [-0.2, 0) is 4.79 Å². The molecule has 6 nitrogen and oxygen atoms in total. The lowest BCUT2D eigenvalue weighted by molar-refractivity contribution is -0.171. The van der Waals surface area contributed by atoms with Crippen LogP contribution in [0.15, 0.2) is 36.4 Å². The average molecular weight is 512 g/mol. The molecule has 0 aliphatic carbocycles. The summed E-state index contributed by atoms with van der Waals surface area (Å²) in [6.45, 7) is 1.80. The van der Waals surface area contributed by atoms with Crippen molar-refractivity contribution < 1.29 is 27.5 Å². The molecule has 0 radical (unpaired) electrons. The Morgan fingerprint density at radius 2 is 2.00 bits per heavy atom. The number of hydrogen-bond acceptors (Lipinski definition) is 5. The molecule has 1 fully saturated rings. The van der Waals surface area contributed by atoms with Crippen LogP contribution in [0.25, 0.3) is 0 Å². The molecular formula is C25H29ClF3N3O3. The number of amides is 1. The van der Waals surface area contributed by atoms with Crippen LogP contribution in [0.2, 0.25) is 5.15 Å². The van der Waals surface area contributed by atoms with E-state index in [1.807, 2.05) is 0 Å². The second-order valence-corrected chi connectivity index (χ2v) is 9.11. The quantitative estimate of drug-likeness (QED) is 0.335. The first-order valence-corrected chi connectivity index (χ1v) is 11.8. The highest BCUT2D eigenvalue weighted by molar-refractivity contribution is 6.31. The Morgan fingerprint density at radius 1 is 1.29 bits per heavy atom. The first-order chi connectivity index (χ1) is 16.6. The normalized spacial score (nSPS) is 15.5. The molecule has 1 aromatic carbocycles. The molecule has 1 aliphatic rings. The van der Waals surface area contributed by atoms with Crippen molar-refractivity contribution in [2.24, 2.45) is 5.92 Å². The fourth-order valence-corrected chi connectivity index (χ4v) is 4.58.